The number of hydrogen-bond acceptors (Lipinski definition) is 3. The lowest BCUT2D eigenvalue weighted by Gasteiger charge is -2.02. The molecule has 100 valence electrons. The summed E-state index contributed by atoms with van der Waals surface area (Å²) in [7, 11) is -1.37. The van der Waals surface area contributed by atoms with Gasteiger partial charge in [-0.1, -0.05) is 50.1 Å². The highest BCUT2D eigenvalue weighted by atomic mass is 32.1. The van der Waals surface area contributed by atoms with Gasteiger partial charge in [0.25, 0.3) is 0 Å². The minimum absolute atomic E-state index is 0.585. The molecule has 1 heterocycles. The molecule has 0 spiro atoms. The maximum absolute atomic E-state index is 9.11. The van der Waals surface area contributed by atoms with E-state index in [-0.39, 0.29) is 0 Å². The highest BCUT2D eigenvalue weighted by molar-refractivity contribution is 7.24. The topological polar surface area (TPSA) is 40.5 Å². The van der Waals surface area contributed by atoms with Gasteiger partial charge in [0.1, 0.15) is 0 Å². The van der Waals surface area contributed by atoms with Gasteiger partial charge in [0.05, 0.1) is 0 Å². The molecular weight excluding hydrogens is 255 g/mol. The van der Waals surface area contributed by atoms with E-state index in [1.165, 1.54) is 36.2 Å². The second-order valence-corrected chi connectivity index (χ2v) is 5.85. The summed E-state index contributed by atoms with van der Waals surface area (Å²) in [6.45, 7) is 2.22. The van der Waals surface area contributed by atoms with Crippen molar-refractivity contribution in [2.24, 2.45) is 0 Å². The van der Waals surface area contributed by atoms with Crippen LogP contribution in [0.2, 0.25) is 0 Å². The van der Waals surface area contributed by atoms with Crippen molar-refractivity contribution in [2.75, 3.05) is 0 Å². The summed E-state index contributed by atoms with van der Waals surface area (Å²) in [4.78, 5) is 1.07. The average Bonchev–Trinajstić information content (AvgIpc) is 2.90. The molecule has 0 bridgehead atoms. The zero-order chi connectivity index (χ0) is 13.7. The molecule has 2 aromatic rings. The van der Waals surface area contributed by atoms with Crippen LogP contribution < -0.4 is 4.78 Å². The Morgan fingerprint density at radius 2 is 1.74 bits per heavy atom. The minimum atomic E-state index is -1.37. The van der Waals surface area contributed by atoms with Crippen LogP contribution in [-0.4, -0.2) is 17.2 Å². The molecule has 0 radical (unpaired) electrons. The molecule has 1 aromatic heterocycles. The molecule has 4 heteroatoms. The molecule has 1 aromatic carbocycles. The molecule has 19 heavy (non-hydrogen) atoms. The third-order valence-corrected chi connectivity index (χ3v) is 4.36. The summed E-state index contributed by atoms with van der Waals surface area (Å²) in [5.74, 6) is 0. The first-order chi connectivity index (χ1) is 9.20. The normalized spacial score (nSPS) is 10.7. The van der Waals surface area contributed by atoms with Gasteiger partial charge in [0.2, 0.25) is 0 Å². The monoisotopic (exact) mass is 274 g/mol. The zero-order valence-corrected chi connectivity index (χ0v) is 12.0. The lowest BCUT2D eigenvalue weighted by molar-refractivity contribution is 0.427. The SMILES string of the molecule is CCCCCc1ccc(-c2ccc(B(O)O)s2)cc1. The first-order valence-electron chi connectivity index (χ1n) is 6.76. The molecule has 0 unspecified atom stereocenters. The van der Waals surface area contributed by atoms with E-state index in [4.69, 9.17) is 10.0 Å². The Morgan fingerprint density at radius 3 is 2.32 bits per heavy atom. The second-order valence-electron chi connectivity index (χ2n) is 4.73. The molecule has 0 aliphatic rings. The van der Waals surface area contributed by atoms with E-state index in [1.54, 1.807) is 6.07 Å². The molecule has 0 amide bonds. The number of unbranched alkanes of at least 4 members (excludes halogenated alkanes) is 2. The maximum atomic E-state index is 9.11. The molecular formula is C15H19BO2S. The van der Waals surface area contributed by atoms with Crippen molar-refractivity contribution in [2.45, 2.75) is 32.6 Å². The van der Waals surface area contributed by atoms with Crippen molar-refractivity contribution in [1.29, 1.82) is 0 Å². The number of aryl methyl sites for hydroxylation is 1. The fraction of sp³-hybridized carbons (Fsp3) is 0.333. The summed E-state index contributed by atoms with van der Waals surface area (Å²) >= 11 is 1.42. The summed E-state index contributed by atoms with van der Waals surface area (Å²) in [6.07, 6.45) is 4.92. The van der Waals surface area contributed by atoms with Crippen LogP contribution in [0.4, 0.5) is 0 Å². The highest BCUT2D eigenvalue weighted by Gasteiger charge is 2.14. The van der Waals surface area contributed by atoms with Crippen LogP contribution in [0, 0.1) is 0 Å². The van der Waals surface area contributed by atoms with E-state index in [1.807, 2.05) is 6.07 Å². The van der Waals surface area contributed by atoms with Crippen molar-refractivity contribution >= 4 is 23.2 Å². The Hall–Kier alpha value is -1.10. The second kappa shape index (κ2) is 6.89. The van der Waals surface area contributed by atoms with Gasteiger partial charge in [-0.2, -0.15) is 0 Å². The minimum Gasteiger partial charge on any atom is -0.423 e. The first kappa shape index (κ1) is 14.3. The van der Waals surface area contributed by atoms with Gasteiger partial charge in [-0.25, -0.2) is 0 Å². The summed E-state index contributed by atoms with van der Waals surface area (Å²) in [5, 5.41) is 18.2. The van der Waals surface area contributed by atoms with Crippen LogP contribution in [-0.2, 0) is 6.42 Å². The Bertz CT molecular complexity index is 505. The van der Waals surface area contributed by atoms with Gasteiger partial charge < -0.3 is 10.0 Å². The van der Waals surface area contributed by atoms with Crippen molar-refractivity contribution in [1.82, 2.24) is 0 Å². The Balaban J connectivity index is 2.04. The molecule has 0 fully saturated rings. The van der Waals surface area contributed by atoms with Crippen LogP contribution >= 0.6 is 11.3 Å². The highest BCUT2D eigenvalue weighted by Crippen LogP contribution is 2.24. The third-order valence-electron chi connectivity index (χ3n) is 3.19. The van der Waals surface area contributed by atoms with Gasteiger partial charge in [0, 0.05) is 9.65 Å². The summed E-state index contributed by atoms with van der Waals surface area (Å²) < 4.78 is 0.585. The largest absolute Gasteiger partial charge is 0.499 e. The number of hydrogen-bond donors (Lipinski definition) is 2. The van der Waals surface area contributed by atoms with E-state index >= 15 is 0 Å². The zero-order valence-electron chi connectivity index (χ0n) is 11.2. The first-order valence-corrected chi connectivity index (χ1v) is 7.57. The molecule has 2 N–H and O–H groups in total. The van der Waals surface area contributed by atoms with E-state index < -0.39 is 7.12 Å². The fourth-order valence-electron chi connectivity index (χ4n) is 2.06. The van der Waals surface area contributed by atoms with Crippen molar-refractivity contribution < 1.29 is 10.0 Å². The molecule has 0 aliphatic carbocycles. The Kier molecular flexibility index (Phi) is 5.20. The summed E-state index contributed by atoms with van der Waals surface area (Å²) in [5.41, 5.74) is 2.51. The fourth-order valence-corrected chi connectivity index (χ4v) is 2.95. The van der Waals surface area contributed by atoms with Crippen LogP contribution in [0.5, 0.6) is 0 Å². The predicted octanol–water partition coefficient (Wildman–Crippen LogP) is 2.83. The molecule has 0 aliphatic heterocycles. The molecule has 0 saturated heterocycles. The van der Waals surface area contributed by atoms with Gasteiger partial charge in [-0.05, 0) is 30.0 Å². The molecule has 2 nitrogen and oxygen atoms in total. The van der Waals surface area contributed by atoms with E-state index in [2.05, 4.69) is 31.2 Å². The van der Waals surface area contributed by atoms with Crippen LogP contribution in [0.15, 0.2) is 36.4 Å². The Morgan fingerprint density at radius 1 is 1.00 bits per heavy atom. The quantitative estimate of drug-likeness (QED) is 0.628. The number of benzene rings is 1. The van der Waals surface area contributed by atoms with Crippen molar-refractivity contribution in [3.05, 3.63) is 42.0 Å². The predicted molar refractivity (Wildman–Crippen MR) is 82.8 cm³/mol. The van der Waals surface area contributed by atoms with E-state index in [0.29, 0.717) is 4.78 Å². The van der Waals surface area contributed by atoms with Gasteiger partial charge >= 0.3 is 7.12 Å². The lowest BCUT2D eigenvalue weighted by atomic mass is 9.90. The van der Waals surface area contributed by atoms with Gasteiger partial charge in [0.15, 0.2) is 0 Å². The van der Waals surface area contributed by atoms with Crippen molar-refractivity contribution in [3.8, 4) is 10.4 Å². The Labute approximate surface area is 118 Å². The standard InChI is InChI=1S/C15H19BO2S/c1-2-3-4-5-12-6-8-13(9-7-12)14-10-11-15(19-14)16(17)18/h6-11,17-18H,2-5H2,1H3. The lowest BCUT2D eigenvalue weighted by Crippen LogP contribution is -2.26. The average molecular weight is 274 g/mol. The molecule has 0 atom stereocenters. The van der Waals surface area contributed by atoms with Crippen LogP contribution in [0.3, 0.4) is 0 Å². The van der Waals surface area contributed by atoms with Gasteiger partial charge in [-0.15, -0.1) is 11.3 Å². The molecule has 2 rings (SSSR count). The third kappa shape index (κ3) is 3.93. The van der Waals surface area contributed by atoms with E-state index in [0.717, 1.165) is 16.9 Å². The smallest absolute Gasteiger partial charge is 0.423 e. The molecule has 0 saturated carbocycles. The summed E-state index contributed by atoms with van der Waals surface area (Å²) in [6, 6.07) is 12.3. The number of thiophene rings is 1. The maximum Gasteiger partial charge on any atom is 0.499 e. The van der Waals surface area contributed by atoms with Crippen LogP contribution in [0.1, 0.15) is 31.7 Å². The van der Waals surface area contributed by atoms with Gasteiger partial charge in [-0.3, -0.25) is 0 Å². The van der Waals surface area contributed by atoms with Crippen molar-refractivity contribution in [3.63, 3.8) is 0 Å². The van der Waals surface area contributed by atoms with E-state index in [9.17, 15) is 0 Å². The number of rotatable bonds is 6. The van der Waals surface area contributed by atoms with Crippen LogP contribution in [0.25, 0.3) is 10.4 Å².